The second-order valence-electron chi connectivity index (χ2n) is 4.20. The molecule has 0 unspecified atom stereocenters. The third kappa shape index (κ3) is 2.54. The van der Waals surface area contributed by atoms with Crippen LogP contribution < -0.4 is 4.90 Å². The second-order valence-corrected chi connectivity index (χ2v) is 4.20. The molecule has 3 heteroatoms. The molecule has 18 heavy (non-hydrogen) atoms. The zero-order valence-corrected chi connectivity index (χ0v) is 10.7. The Morgan fingerprint density at radius 1 is 1.33 bits per heavy atom. The fourth-order valence-electron chi connectivity index (χ4n) is 1.95. The van der Waals surface area contributed by atoms with Crippen molar-refractivity contribution in [2.24, 2.45) is 0 Å². The third-order valence-electron chi connectivity index (χ3n) is 3.00. The zero-order valence-electron chi connectivity index (χ0n) is 10.7. The highest BCUT2D eigenvalue weighted by Gasteiger charge is 2.08. The Labute approximate surface area is 107 Å². The number of hydrogen-bond donors (Lipinski definition) is 0. The lowest BCUT2D eigenvalue weighted by atomic mass is 10.1. The Morgan fingerprint density at radius 2 is 2.17 bits per heavy atom. The van der Waals surface area contributed by atoms with E-state index < -0.39 is 0 Å². The molecule has 0 saturated heterocycles. The molecular weight excluding hydrogens is 224 g/mol. The standard InChI is InChI=1S/C15H16N2O/c1-3-17(11-15-5-4-8-18-15)14-7-6-13(10-16)12(2)9-14/h4-9H,3,11H2,1-2H3. The summed E-state index contributed by atoms with van der Waals surface area (Å²) in [6, 6.07) is 12.0. The van der Waals surface area contributed by atoms with Gasteiger partial charge in [-0.2, -0.15) is 5.26 Å². The van der Waals surface area contributed by atoms with Crippen LogP contribution >= 0.6 is 0 Å². The van der Waals surface area contributed by atoms with Crippen molar-refractivity contribution in [1.82, 2.24) is 0 Å². The van der Waals surface area contributed by atoms with Crippen LogP contribution in [0.25, 0.3) is 0 Å². The molecule has 1 heterocycles. The van der Waals surface area contributed by atoms with E-state index in [-0.39, 0.29) is 0 Å². The number of nitriles is 1. The SMILES string of the molecule is CCN(Cc1ccco1)c1ccc(C#N)c(C)c1. The second kappa shape index (κ2) is 5.42. The molecule has 92 valence electrons. The Balaban J connectivity index is 2.23. The lowest BCUT2D eigenvalue weighted by Crippen LogP contribution is -2.21. The molecule has 2 rings (SSSR count). The van der Waals surface area contributed by atoms with E-state index in [0.717, 1.165) is 35.7 Å². The van der Waals surface area contributed by atoms with Crippen molar-refractivity contribution in [2.75, 3.05) is 11.4 Å². The topological polar surface area (TPSA) is 40.2 Å². The van der Waals surface area contributed by atoms with Gasteiger partial charge in [0.25, 0.3) is 0 Å². The summed E-state index contributed by atoms with van der Waals surface area (Å²) in [5, 5.41) is 8.93. The Kier molecular flexibility index (Phi) is 3.69. The van der Waals surface area contributed by atoms with E-state index in [1.807, 2.05) is 37.3 Å². The van der Waals surface area contributed by atoms with Crippen LogP contribution in [0.3, 0.4) is 0 Å². The van der Waals surface area contributed by atoms with Gasteiger partial charge in [0, 0.05) is 12.2 Å². The van der Waals surface area contributed by atoms with Crippen LogP contribution in [-0.2, 0) is 6.54 Å². The van der Waals surface area contributed by atoms with Crippen molar-refractivity contribution < 1.29 is 4.42 Å². The summed E-state index contributed by atoms with van der Waals surface area (Å²) >= 11 is 0. The fraction of sp³-hybridized carbons (Fsp3) is 0.267. The normalized spacial score (nSPS) is 10.1. The molecule has 0 aliphatic heterocycles. The third-order valence-corrected chi connectivity index (χ3v) is 3.00. The molecule has 0 aliphatic rings. The van der Waals surface area contributed by atoms with E-state index in [4.69, 9.17) is 9.68 Å². The lowest BCUT2D eigenvalue weighted by Gasteiger charge is -2.22. The van der Waals surface area contributed by atoms with Crippen LogP contribution in [0.5, 0.6) is 0 Å². The smallest absolute Gasteiger partial charge is 0.123 e. The minimum absolute atomic E-state index is 0.729. The molecule has 1 aromatic carbocycles. The maximum absolute atomic E-state index is 8.93. The van der Waals surface area contributed by atoms with Gasteiger partial charge in [-0.3, -0.25) is 0 Å². The van der Waals surface area contributed by atoms with Gasteiger partial charge in [0.1, 0.15) is 5.76 Å². The summed E-state index contributed by atoms with van der Waals surface area (Å²) in [5.74, 6) is 0.943. The first kappa shape index (κ1) is 12.3. The Morgan fingerprint density at radius 3 is 2.72 bits per heavy atom. The number of anilines is 1. The average Bonchev–Trinajstić information content (AvgIpc) is 2.88. The van der Waals surface area contributed by atoms with Gasteiger partial charge in [-0.1, -0.05) is 0 Å². The van der Waals surface area contributed by atoms with Crippen LogP contribution in [0.15, 0.2) is 41.0 Å². The number of benzene rings is 1. The van der Waals surface area contributed by atoms with Crippen molar-refractivity contribution in [2.45, 2.75) is 20.4 Å². The first-order valence-electron chi connectivity index (χ1n) is 6.02. The fourth-order valence-corrected chi connectivity index (χ4v) is 1.95. The minimum Gasteiger partial charge on any atom is -0.467 e. The molecular formula is C15H16N2O. The maximum Gasteiger partial charge on any atom is 0.123 e. The highest BCUT2D eigenvalue weighted by molar-refractivity contribution is 5.53. The summed E-state index contributed by atoms with van der Waals surface area (Å²) in [5.41, 5.74) is 2.85. The summed E-state index contributed by atoms with van der Waals surface area (Å²) in [6.07, 6.45) is 1.69. The number of hydrogen-bond acceptors (Lipinski definition) is 3. The highest BCUT2D eigenvalue weighted by atomic mass is 16.3. The van der Waals surface area contributed by atoms with E-state index >= 15 is 0 Å². The predicted octanol–water partition coefficient (Wildman–Crippen LogP) is 3.49. The molecule has 0 aliphatic carbocycles. The molecule has 0 radical (unpaired) electrons. The number of aryl methyl sites for hydroxylation is 1. The van der Waals surface area contributed by atoms with Gasteiger partial charge in [0.05, 0.1) is 24.4 Å². The first-order valence-corrected chi connectivity index (χ1v) is 6.02. The Hall–Kier alpha value is -2.21. The number of furan rings is 1. The lowest BCUT2D eigenvalue weighted by molar-refractivity contribution is 0.503. The van der Waals surface area contributed by atoms with E-state index in [9.17, 15) is 0 Å². The largest absolute Gasteiger partial charge is 0.467 e. The van der Waals surface area contributed by atoms with Crippen LogP contribution in [0.1, 0.15) is 23.8 Å². The molecule has 0 amide bonds. The summed E-state index contributed by atoms with van der Waals surface area (Å²) < 4.78 is 5.37. The summed E-state index contributed by atoms with van der Waals surface area (Å²) in [4.78, 5) is 2.22. The average molecular weight is 240 g/mol. The van der Waals surface area contributed by atoms with Crippen molar-refractivity contribution in [1.29, 1.82) is 5.26 Å². The molecule has 0 bridgehead atoms. The molecule has 2 aromatic rings. The van der Waals surface area contributed by atoms with E-state index in [1.54, 1.807) is 6.26 Å². The van der Waals surface area contributed by atoms with Gasteiger partial charge in [-0.15, -0.1) is 0 Å². The molecule has 0 fully saturated rings. The molecule has 0 atom stereocenters. The molecule has 0 N–H and O–H groups in total. The zero-order chi connectivity index (χ0) is 13.0. The minimum atomic E-state index is 0.729. The summed E-state index contributed by atoms with van der Waals surface area (Å²) in [6.45, 7) is 5.71. The summed E-state index contributed by atoms with van der Waals surface area (Å²) in [7, 11) is 0. The quantitative estimate of drug-likeness (QED) is 0.821. The van der Waals surface area contributed by atoms with Crippen molar-refractivity contribution >= 4 is 5.69 Å². The van der Waals surface area contributed by atoms with E-state index in [0.29, 0.717) is 0 Å². The van der Waals surface area contributed by atoms with Crippen molar-refractivity contribution in [3.63, 3.8) is 0 Å². The molecule has 0 spiro atoms. The van der Waals surface area contributed by atoms with Crippen molar-refractivity contribution in [3.8, 4) is 6.07 Å². The van der Waals surface area contributed by atoms with Gasteiger partial charge in [-0.05, 0) is 49.7 Å². The monoisotopic (exact) mass is 240 g/mol. The van der Waals surface area contributed by atoms with E-state index in [1.165, 1.54) is 0 Å². The van der Waals surface area contributed by atoms with Crippen molar-refractivity contribution in [3.05, 3.63) is 53.5 Å². The molecule has 3 nitrogen and oxygen atoms in total. The first-order chi connectivity index (χ1) is 8.74. The van der Waals surface area contributed by atoms with Crippen LogP contribution in [0, 0.1) is 18.3 Å². The molecule has 1 aromatic heterocycles. The Bertz CT molecular complexity index is 552. The van der Waals surface area contributed by atoms with Crippen LogP contribution in [-0.4, -0.2) is 6.54 Å². The van der Waals surface area contributed by atoms with Gasteiger partial charge >= 0.3 is 0 Å². The highest BCUT2D eigenvalue weighted by Crippen LogP contribution is 2.20. The van der Waals surface area contributed by atoms with Gasteiger partial charge in [-0.25, -0.2) is 0 Å². The number of rotatable bonds is 4. The van der Waals surface area contributed by atoms with Gasteiger partial charge in [0.2, 0.25) is 0 Å². The van der Waals surface area contributed by atoms with Gasteiger partial charge in [0.15, 0.2) is 0 Å². The van der Waals surface area contributed by atoms with E-state index in [2.05, 4.69) is 17.9 Å². The predicted molar refractivity (Wildman–Crippen MR) is 71.3 cm³/mol. The molecule has 0 saturated carbocycles. The maximum atomic E-state index is 8.93. The van der Waals surface area contributed by atoms with Gasteiger partial charge < -0.3 is 9.32 Å². The number of nitrogens with zero attached hydrogens (tertiary/aromatic N) is 2. The van der Waals surface area contributed by atoms with Crippen LogP contribution in [0.4, 0.5) is 5.69 Å². The van der Waals surface area contributed by atoms with Crippen LogP contribution in [0.2, 0.25) is 0 Å².